The summed E-state index contributed by atoms with van der Waals surface area (Å²) in [5.74, 6) is 2.62. The maximum Gasteiger partial charge on any atom is 0.151 e. The van der Waals surface area contributed by atoms with Crippen molar-refractivity contribution in [2.75, 3.05) is 26.2 Å². The number of nitrogens with one attached hydrogen (secondary N) is 1. The van der Waals surface area contributed by atoms with Gasteiger partial charge in [-0.15, -0.1) is 0 Å². The minimum absolute atomic E-state index is 0.825. The van der Waals surface area contributed by atoms with Gasteiger partial charge in [-0.2, -0.15) is 0 Å². The summed E-state index contributed by atoms with van der Waals surface area (Å²) in [7, 11) is 0. The van der Waals surface area contributed by atoms with Gasteiger partial charge in [-0.1, -0.05) is 35.5 Å². The molecule has 0 bridgehead atoms. The molecular formula is C16H19N3O. The molecule has 20 heavy (non-hydrogen) atoms. The first kappa shape index (κ1) is 12.1. The zero-order valence-corrected chi connectivity index (χ0v) is 11.5. The molecule has 2 atom stereocenters. The van der Waals surface area contributed by atoms with Gasteiger partial charge in [-0.25, -0.2) is 0 Å². The van der Waals surface area contributed by atoms with E-state index < -0.39 is 0 Å². The minimum atomic E-state index is 0.825. The second kappa shape index (κ2) is 5.04. The van der Waals surface area contributed by atoms with E-state index in [1.165, 1.54) is 26.2 Å². The molecule has 4 nitrogen and oxygen atoms in total. The number of aromatic nitrogens is 1. The number of hydrogen-bond acceptors (Lipinski definition) is 4. The highest BCUT2D eigenvalue weighted by Crippen LogP contribution is 2.28. The molecule has 0 amide bonds. The Labute approximate surface area is 118 Å². The normalized spacial score (nSPS) is 26.0. The maximum absolute atomic E-state index is 5.50. The molecule has 4 heteroatoms. The average Bonchev–Trinajstić information content (AvgIpc) is 3.16. The van der Waals surface area contributed by atoms with E-state index in [9.17, 15) is 0 Å². The van der Waals surface area contributed by atoms with Crippen molar-refractivity contribution in [1.29, 1.82) is 0 Å². The molecule has 2 aromatic rings. The van der Waals surface area contributed by atoms with Crippen molar-refractivity contribution in [2.24, 2.45) is 11.8 Å². The van der Waals surface area contributed by atoms with Crippen LogP contribution in [0.5, 0.6) is 0 Å². The standard InChI is InChI=1S/C16H19N3O/c1-2-4-12(5-3-1)16-6-15(20-18-16)11-19-9-13-7-17-8-14(13)10-19/h1-6,13-14,17H,7-11H2. The monoisotopic (exact) mass is 269 g/mol. The molecule has 104 valence electrons. The van der Waals surface area contributed by atoms with Crippen molar-refractivity contribution in [3.8, 4) is 11.3 Å². The van der Waals surface area contributed by atoms with Crippen LogP contribution in [-0.4, -0.2) is 36.2 Å². The Kier molecular flexibility index (Phi) is 3.05. The predicted octanol–water partition coefficient (Wildman–Crippen LogP) is 1.99. The molecular weight excluding hydrogens is 250 g/mol. The van der Waals surface area contributed by atoms with E-state index in [0.717, 1.165) is 35.4 Å². The van der Waals surface area contributed by atoms with Crippen LogP contribution < -0.4 is 5.32 Å². The van der Waals surface area contributed by atoms with Crippen LogP contribution in [0.2, 0.25) is 0 Å². The Bertz CT molecular complexity index is 568. The molecule has 0 saturated carbocycles. The molecule has 0 spiro atoms. The van der Waals surface area contributed by atoms with Crippen molar-refractivity contribution in [2.45, 2.75) is 6.54 Å². The summed E-state index contributed by atoms with van der Waals surface area (Å²) in [4.78, 5) is 2.49. The van der Waals surface area contributed by atoms with Gasteiger partial charge in [0.1, 0.15) is 5.69 Å². The van der Waals surface area contributed by atoms with Crippen molar-refractivity contribution in [1.82, 2.24) is 15.4 Å². The fraction of sp³-hybridized carbons (Fsp3) is 0.438. The van der Waals surface area contributed by atoms with Gasteiger partial charge >= 0.3 is 0 Å². The van der Waals surface area contributed by atoms with Gasteiger partial charge in [0.15, 0.2) is 5.76 Å². The third-order valence-electron chi connectivity index (χ3n) is 4.47. The fourth-order valence-corrected chi connectivity index (χ4v) is 3.43. The highest BCUT2D eigenvalue weighted by Gasteiger charge is 2.36. The molecule has 0 radical (unpaired) electrons. The number of hydrogen-bond donors (Lipinski definition) is 1. The Morgan fingerprint density at radius 2 is 1.90 bits per heavy atom. The maximum atomic E-state index is 5.50. The van der Waals surface area contributed by atoms with E-state index >= 15 is 0 Å². The summed E-state index contributed by atoms with van der Waals surface area (Å²) in [5, 5.41) is 7.66. The number of rotatable bonds is 3. The molecule has 4 rings (SSSR count). The van der Waals surface area contributed by atoms with Crippen LogP contribution in [0.1, 0.15) is 5.76 Å². The Balaban J connectivity index is 1.44. The Morgan fingerprint density at radius 1 is 1.15 bits per heavy atom. The predicted molar refractivity (Wildman–Crippen MR) is 77.1 cm³/mol. The largest absolute Gasteiger partial charge is 0.359 e. The summed E-state index contributed by atoms with van der Waals surface area (Å²) in [6.45, 7) is 5.59. The quantitative estimate of drug-likeness (QED) is 0.925. The number of likely N-dealkylation sites (tertiary alicyclic amines) is 1. The van der Waals surface area contributed by atoms with Crippen LogP contribution in [0, 0.1) is 11.8 Å². The summed E-state index contributed by atoms with van der Waals surface area (Å²) in [6, 6.07) is 12.3. The van der Waals surface area contributed by atoms with E-state index in [0.29, 0.717) is 0 Å². The lowest BCUT2D eigenvalue weighted by Gasteiger charge is -2.14. The van der Waals surface area contributed by atoms with E-state index in [4.69, 9.17) is 4.52 Å². The summed E-state index contributed by atoms with van der Waals surface area (Å²) >= 11 is 0. The van der Waals surface area contributed by atoms with Crippen molar-refractivity contribution in [3.63, 3.8) is 0 Å². The van der Waals surface area contributed by atoms with Crippen LogP contribution in [0.15, 0.2) is 40.9 Å². The molecule has 2 fully saturated rings. The first-order valence-electron chi connectivity index (χ1n) is 7.32. The summed E-state index contributed by atoms with van der Waals surface area (Å²) in [6.07, 6.45) is 0. The van der Waals surface area contributed by atoms with Gasteiger partial charge in [-0.3, -0.25) is 4.90 Å². The fourth-order valence-electron chi connectivity index (χ4n) is 3.43. The van der Waals surface area contributed by atoms with Crippen LogP contribution in [0.25, 0.3) is 11.3 Å². The van der Waals surface area contributed by atoms with E-state index in [1.807, 2.05) is 18.2 Å². The van der Waals surface area contributed by atoms with Gasteiger partial charge in [0.2, 0.25) is 0 Å². The minimum Gasteiger partial charge on any atom is -0.359 e. The zero-order chi connectivity index (χ0) is 13.4. The molecule has 2 aliphatic heterocycles. The van der Waals surface area contributed by atoms with Gasteiger partial charge in [0.05, 0.1) is 6.54 Å². The van der Waals surface area contributed by atoms with E-state index in [2.05, 4.69) is 33.6 Å². The molecule has 2 unspecified atom stereocenters. The highest BCUT2D eigenvalue weighted by molar-refractivity contribution is 5.58. The van der Waals surface area contributed by atoms with Crippen LogP contribution in [0.4, 0.5) is 0 Å². The second-order valence-electron chi connectivity index (χ2n) is 5.92. The summed E-state index contributed by atoms with van der Waals surface area (Å²) < 4.78 is 5.50. The SMILES string of the molecule is c1ccc(-c2cc(CN3CC4CNCC4C3)on2)cc1. The Hall–Kier alpha value is -1.65. The molecule has 0 aliphatic carbocycles. The Morgan fingerprint density at radius 3 is 2.65 bits per heavy atom. The van der Waals surface area contributed by atoms with E-state index in [1.54, 1.807) is 0 Å². The van der Waals surface area contributed by atoms with Crippen LogP contribution >= 0.6 is 0 Å². The third kappa shape index (κ3) is 2.25. The van der Waals surface area contributed by atoms with Crippen LogP contribution in [0.3, 0.4) is 0 Å². The molecule has 1 aromatic heterocycles. The smallest absolute Gasteiger partial charge is 0.151 e. The first-order valence-corrected chi connectivity index (χ1v) is 7.32. The van der Waals surface area contributed by atoms with Crippen molar-refractivity contribution in [3.05, 3.63) is 42.2 Å². The van der Waals surface area contributed by atoms with Crippen LogP contribution in [-0.2, 0) is 6.54 Å². The van der Waals surface area contributed by atoms with Gasteiger partial charge < -0.3 is 9.84 Å². The van der Waals surface area contributed by atoms with Crippen molar-refractivity contribution < 1.29 is 4.52 Å². The average molecular weight is 269 g/mol. The van der Waals surface area contributed by atoms with Gasteiger partial charge in [0, 0.05) is 24.7 Å². The lowest BCUT2D eigenvalue weighted by atomic mass is 10.0. The number of benzene rings is 1. The van der Waals surface area contributed by atoms with Gasteiger partial charge in [-0.05, 0) is 24.9 Å². The molecule has 2 aliphatic rings. The first-order chi connectivity index (χ1) is 9.88. The lowest BCUT2D eigenvalue weighted by Crippen LogP contribution is -2.25. The topological polar surface area (TPSA) is 41.3 Å². The number of fused-ring (bicyclic) bond motifs is 1. The lowest BCUT2D eigenvalue weighted by molar-refractivity contribution is 0.259. The molecule has 3 heterocycles. The third-order valence-corrected chi connectivity index (χ3v) is 4.47. The number of nitrogens with zero attached hydrogens (tertiary/aromatic N) is 2. The van der Waals surface area contributed by atoms with Gasteiger partial charge in [0.25, 0.3) is 0 Å². The second-order valence-corrected chi connectivity index (χ2v) is 5.92. The summed E-state index contributed by atoms with van der Waals surface area (Å²) in [5.41, 5.74) is 2.05. The molecule has 1 N–H and O–H groups in total. The highest BCUT2D eigenvalue weighted by atomic mass is 16.5. The van der Waals surface area contributed by atoms with E-state index in [-0.39, 0.29) is 0 Å². The molecule has 1 aromatic carbocycles. The molecule has 2 saturated heterocycles. The zero-order valence-electron chi connectivity index (χ0n) is 11.5. The van der Waals surface area contributed by atoms with Crippen molar-refractivity contribution >= 4 is 0 Å².